The minimum atomic E-state index is -2.00. The molecule has 1 fully saturated rings. The molecule has 1 aliphatic heterocycles. The molecule has 1 nitrogen and oxygen atoms in total. The fourth-order valence-electron chi connectivity index (χ4n) is 1.88. The summed E-state index contributed by atoms with van der Waals surface area (Å²) in [6.07, 6.45) is 5.94. The third-order valence-electron chi connectivity index (χ3n) is 2.63. The van der Waals surface area contributed by atoms with E-state index < -0.39 is 13.3 Å². The Morgan fingerprint density at radius 1 is 1.38 bits per heavy atom. The van der Waals surface area contributed by atoms with Crippen molar-refractivity contribution in [3.05, 3.63) is 12.7 Å². The largest absolute Gasteiger partial charge is 0.323 e. The van der Waals surface area contributed by atoms with Gasteiger partial charge in [0.1, 0.15) is 6.17 Å². The summed E-state index contributed by atoms with van der Waals surface area (Å²) in [7, 11) is -2.00. The molecule has 0 aliphatic carbocycles. The smallest absolute Gasteiger partial charge is 0.100 e. The molecule has 0 aromatic rings. The van der Waals surface area contributed by atoms with Crippen molar-refractivity contribution in [3.8, 4) is 0 Å². The van der Waals surface area contributed by atoms with E-state index >= 15 is 0 Å². The van der Waals surface area contributed by atoms with Crippen molar-refractivity contribution in [1.29, 1.82) is 0 Å². The maximum atomic E-state index is 13.0. The van der Waals surface area contributed by atoms with Crippen LogP contribution in [-0.2, 0) is 4.57 Å². The van der Waals surface area contributed by atoms with E-state index in [4.69, 9.17) is 0 Å². The Kier molecular flexibility index (Phi) is 4.18. The Labute approximate surface area is 79.8 Å². The Morgan fingerprint density at radius 2 is 1.92 bits per heavy atom. The van der Waals surface area contributed by atoms with Crippen molar-refractivity contribution >= 4 is 7.14 Å². The Morgan fingerprint density at radius 3 is 2.38 bits per heavy atom. The van der Waals surface area contributed by atoms with Gasteiger partial charge in [-0.2, -0.15) is 0 Å². The maximum Gasteiger partial charge on any atom is 0.100 e. The molecule has 0 saturated carbocycles. The highest BCUT2D eigenvalue weighted by molar-refractivity contribution is 7.64. The molecule has 76 valence electrons. The summed E-state index contributed by atoms with van der Waals surface area (Å²) in [5, 5.41) is 0. The van der Waals surface area contributed by atoms with Crippen molar-refractivity contribution < 1.29 is 8.96 Å². The summed E-state index contributed by atoms with van der Waals surface area (Å²) in [5.74, 6) is 0. The van der Waals surface area contributed by atoms with Crippen LogP contribution in [-0.4, -0.2) is 24.7 Å². The Hall–Kier alpha value is -0.100. The van der Waals surface area contributed by atoms with Crippen LogP contribution < -0.4 is 0 Å². The zero-order chi connectivity index (χ0) is 9.73. The molecule has 0 atom stereocenters. The average Bonchev–Trinajstić information content (AvgIpc) is 2.02. The summed E-state index contributed by atoms with van der Waals surface area (Å²) in [5.41, 5.74) is 0. The topological polar surface area (TPSA) is 17.1 Å². The molecule has 0 unspecified atom stereocenters. The molecule has 0 bridgehead atoms. The van der Waals surface area contributed by atoms with Gasteiger partial charge in [0.2, 0.25) is 0 Å². The van der Waals surface area contributed by atoms with Gasteiger partial charge >= 0.3 is 0 Å². The fourth-order valence-corrected chi connectivity index (χ4v) is 4.45. The van der Waals surface area contributed by atoms with Crippen LogP contribution in [0.25, 0.3) is 0 Å². The number of hydrogen-bond acceptors (Lipinski definition) is 1. The lowest BCUT2D eigenvalue weighted by atomic mass is 10.1. The van der Waals surface area contributed by atoms with Crippen molar-refractivity contribution in [2.45, 2.75) is 31.9 Å². The van der Waals surface area contributed by atoms with Crippen LogP contribution in [0.15, 0.2) is 12.7 Å². The molecule has 3 heteroatoms. The molecular formula is C10H18FOP. The SMILES string of the molecule is C=CCP1(=O)CCCC(F)CCC1. The van der Waals surface area contributed by atoms with Gasteiger partial charge in [0.15, 0.2) is 0 Å². The van der Waals surface area contributed by atoms with E-state index in [9.17, 15) is 8.96 Å². The zero-order valence-corrected chi connectivity index (χ0v) is 8.94. The van der Waals surface area contributed by atoms with Gasteiger partial charge in [-0.25, -0.2) is 4.39 Å². The molecule has 0 amide bonds. The molecule has 0 aromatic heterocycles. The van der Waals surface area contributed by atoms with Gasteiger partial charge in [-0.05, 0) is 25.7 Å². The normalized spacial score (nSPS) is 36.2. The molecule has 13 heavy (non-hydrogen) atoms. The van der Waals surface area contributed by atoms with Crippen molar-refractivity contribution in [2.24, 2.45) is 0 Å². The van der Waals surface area contributed by atoms with E-state index in [1.165, 1.54) is 0 Å². The predicted octanol–water partition coefficient (Wildman–Crippen LogP) is 3.45. The highest BCUT2D eigenvalue weighted by Gasteiger charge is 2.23. The second-order valence-corrected chi connectivity index (χ2v) is 7.23. The first-order valence-electron chi connectivity index (χ1n) is 4.98. The quantitative estimate of drug-likeness (QED) is 0.497. The van der Waals surface area contributed by atoms with Crippen LogP contribution in [0.1, 0.15) is 25.7 Å². The van der Waals surface area contributed by atoms with Gasteiger partial charge in [0.05, 0.1) is 7.14 Å². The van der Waals surface area contributed by atoms with E-state index in [1.54, 1.807) is 6.08 Å². The second kappa shape index (κ2) is 4.95. The van der Waals surface area contributed by atoms with Crippen LogP contribution in [0.4, 0.5) is 4.39 Å². The summed E-state index contributed by atoms with van der Waals surface area (Å²) in [6, 6.07) is 0. The number of halogens is 1. The maximum absolute atomic E-state index is 13.0. The molecule has 0 spiro atoms. The summed E-state index contributed by atoms with van der Waals surface area (Å²) in [6.45, 7) is 3.62. The van der Waals surface area contributed by atoms with E-state index in [1.807, 2.05) is 0 Å². The standard InChI is InChI=1S/C10H18FOP/c1-2-7-13(12)8-3-5-10(11)6-4-9-13/h2,10H,1,3-9H2. The first-order valence-corrected chi connectivity index (χ1v) is 7.24. The van der Waals surface area contributed by atoms with Gasteiger partial charge in [-0.1, -0.05) is 6.08 Å². The highest BCUT2D eigenvalue weighted by atomic mass is 31.2. The Bertz CT molecular complexity index is 201. The third-order valence-corrected chi connectivity index (χ3v) is 5.81. The van der Waals surface area contributed by atoms with Gasteiger partial charge < -0.3 is 4.57 Å². The van der Waals surface area contributed by atoms with Crippen LogP contribution in [0, 0.1) is 0 Å². The number of alkyl halides is 1. The van der Waals surface area contributed by atoms with Crippen molar-refractivity contribution in [2.75, 3.05) is 18.5 Å². The first-order chi connectivity index (χ1) is 6.16. The van der Waals surface area contributed by atoms with E-state index in [0.29, 0.717) is 19.0 Å². The summed E-state index contributed by atoms with van der Waals surface area (Å²) < 4.78 is 25.1. The number of allylic oxidation sites excluding steroid dienone is 1. The van der Waals surface area contributed by atoms with Crippen molar-refractivity contribution in [1.82, 2.24) is 0 Å². The molecule has 0 aromatic carbocycles. The molecule has 1 heterocycles. The molecule has 1 saturated heterocycles. The van der Waals surface area contributed by atoms with Crippen LogP contribution in [0.3, 0.4) is 0 Å². The summed E-state index contributed by atoms with van der Waals surface area (Å²) >= 11 is 0. The summed E-state index contributed by atoms with van der Waals surface area (Å²) in [4.78, 5) is 0. The van der Waals surface area contributed by atoms with Crippen LogP contribution in [0.5, 0.6) is 0 Å². The molecular weight excluding hydrogens is 186 g/mol. The average molecular weight is 204 g/mol. The first kappa shape index (κ1) is 11.0. The minimum absolute atomic E-state index is 0.598. The molecule has 1 rings (SSSR count). The number of hydrogen-bond donors (Lipinski definition) is 0. The van der Waals surface area contributed by atoms with Gasteiger partial charge in [-0.15, -0.1) is 6.58 Å². The lowest BCUT2D eigenvalue weighted by molar-refractivity contribution is 0.289. The van der Waals surface area contributed by atoms with Gasteiger partial charge in [-0.3, -0.25) is 0 Å². The lowest BCUT2D eigenvalue weighted by Gasteiger charge is -2.20. The van der Waals surface area contributed by atoms with Crippen LogP contribution >= 0.6 is 7.14 Å². The predicted molar refractivity (Wildman–Crippen MR) is 55.8 cm³/mol. The lowest BCUT2D eigenvalue weighted by Crippen LogP contribution is -2.09. The van der Waals surface area contributed by atoms with Crippen LogP contribution in [0.2, 0.25) is 0 Å². The van der Waals surface area contributed by atoms with E-state index in [0.717, 1.165) is 25.2 Å². The fraction of sp³-hybridized carbons (Fsp3) is 0.800. The number of rotatable bonds is 2. The minimum Gasteiger partial charge on any atom is -0.323 e. The highest BCUT2D eigenvalue weighted by Crippen LogP contribution is 2.48. The molecule has 1 aliphatic rings. The van der Waals surface area contributed by atoms with Crippen molar-refractivity contribution in [3.63, 3.8) is 0 Å². The second-order valence-electron chi connectivity index (χ2n) is 3.86. The van der Waals surface area contributed by atoms with Gasteiger partial charge in [0, 0.05) is 18.5 Å². The third kappa shape index (κ3) is 3.64. The van der Waals surface area contributed by atoms with E-state index in [2.05, 4.69) is 6.58 Å². The molecule has 0 N–H and O–H groups in total. The Balaban J connectivity index is 2.49. The molecule has 0 radical (unpaired) electrons. The van der Waals surface area contributed by atoms with E-state index in [-0.39, 0.29) is 0 Å². The zero-order valence-electron chi connectivity index (χ0n) is 8.04. The van der Waals surface area contributed by atoms with Gasteiger partial charge in [0.25, 0.3) is 0 Å². The monoisotopic (exact) mass is 204 g/mol.